The summed E-state index contributed by atoms with van der Waals surface area (Å²) in [6.07, 6.45) is 1.44. The zero-order valence-electron chi connectivity index (χ0n) is 17.7. The zero-order valence-corrected chi connectivity index (χ0v) is 19.3. The SMILES string of the molecule is CCOC(=O)CSc1nnc(N2C(N)=C(C#N)C(c3ccccc3F)C3=C2CCCC3=O)s1. The number of carbonyl (C=O) groups is 2. The molecular weight excluding hydrogens is 465 g/mol. The third kappa shape index (κ3) is 4.36. The molecule has 0 bridgehead atoms. The van der Waals surface area contributed by atoms with E-state index in [-0.39, 0.29) is 34.5 Å². The Morgan fingerprint density at radius 1 is 1.39 bits per heavy atom. The van der Waals surface area contributed by atoms with Crippen LogP contribution in [0.1, 0.15) is 37.7 Å². The number of aromatic nitrogens is 2. The van der Waals surface area contributed by atoms with Crippen LogP contribution in [0.15, 0.2) is 51.3 Å². The molecule has 1 aromatic heterocycles. The highest BCUT2D eigenvalue weighted by atomic mass is 32.2. The van der Waals surface area contributed by atoms with Gasteiger partial charge in [0.15, 0.2) is 10.1 Å². The molecule has 0 saturated carbocycles. The van der Waals surface area contributed by atoms with Crippen LogP contribution in [-0.4, -0.2) is 34.3 Å². The van der Waals surface area contributed by atoms with Crippen molar-refractivity contribution >= 4 is 40.0 Å². The molecule has 1 aliphatic carbocycles. The molecule has 2 aliphatic rings. The predicted molar refractivity (Wildman–Crippen MR) is 122 cm³/mol. The summed E-state index contributed by atoms with van der Waals surface area (Å²) in [6, 6.07) is 8.19. The van der Waals surface area contributed by atoms with Gasteiger partial charge in [-0.15, -0.1) is 10.2 Å². The number of nitrogens with two attached hydrogens (primary N) is 1. The van der Waals surface area contributed by atoms with Crippen LogP contribution in [0.3, 0.4) is 0 Å². The number of thioether (sulfide) groups is 1. The van der Waals surface area contributed by atoms with Crippen molar-refractivity contribution in [3.63, 3.8) is 0 Å². The summed E-state index contributed by atoms with van der Waals surface area (Å²) in [4.78, 5) is 26.3. The fourth-order valence-electron chi connectivity index (χ4n) is 4.00. The van der Waals surface area contributed by atoms with Gasteiger partial charge in [-0.05, 0) is 25.8 Å². The molecule has 1 aliphatic heterocycles. The zero-order chi connectivity index (χ0) is 23.5. The molecule has 0 amide bonds. The van der Waals surface area contributed by atoms with Gasteiger partial charge in [-0.2, -0.15) is 5.26 Å². The molecule has 11 heteroatoms. The van der Waals surface area contributed by atoms with Gasteiger partial charge >= 0.3 is 5.97 Å². The number of rotatable bonds is 6. The number of Topliss-reactive ketones (excluding diaryl/α,β-unsaturated/α-hetero) is 1. The van der Waals surface area contributed by atoms with Crippen molar-refractivity contribution in [2.24, 2.45) is 5.73 Å². The van der Waals surface area contributed by atoms with E-state index in [0.29, 0.717) is 46.6 Å². The standard InChI is InChI=1S/C22H20FN5O3S2/c1-2-31-17(30)11-32-22-27-26-21(33-22)28-15-8-5-9-16(29)19(15)18(13(10-24)20(28)25)12-6-3-4-7-14(12)23/h3-4,6-7,18H,2,5,8-9,11,25H2,1H3. The van der Waals surface area contributed by atoms with Gasteiger partial charge in [0.1, 0.15) is 11.6 Å². The van der Waals surface area contributed by atoms with Crippen molar-refractivity contribution < 1.29 is 18.7 Å². The molecule has 1 atom stereocenters. The van der Waals surface area contributed by atoms with Crippen LogP contribution >= 0.6 is 23.1 Å². The average molecular weight is 486 g/mol. The molecule has 2 N–H and O–H groups in total. The minimum Gasteiger partial charge on any atom is -0.465 e. The van der Waals surface area contributed by atoms with Gasteiger partial charge in [0, 0.05) is 23.3 Å². The lowest BCUT2D eigenvalue weighted by molar-refractivity contribution is -0.139. The van der Waals surface area contributed by atoms with Crippen LogP contribution in [0.25, 0.3) is 0 Å². The van der Waals surface area contributed by atoms with Crippen LogP contribution in [-0.2, 0) is 14.3 Å². The summed E-state index contributed by atoms with van der Waals surface area (Å²) in [5.41, 5.74) is 7.74. The average Bonchev–Trinajstić information content (AvgIpc) is 3.26. The first kappa shape index (κ1) is 22.9. The van der Waals surface area contributed by atoms with Gasteiger partial charge in [0.25, 0.3) is 0 Å². The lowest BCUT2D eigenvalue weighted by Gasteiger charge is -2.38. The monoisotopic (exact) mass is 485 g/mol. The largest absolute Gasteiger partial charge is 0.465 e. The molecule has 2 heterocycles. The summed E-state index contributed by atoms with van der Waals surface area (Å²) in [7, 11) is 0. The van der Waals surface area contributed by atoms with Crippen molar-refractivity contribution in [1.29, 1.82) is 5.26 Å². The molecule has 2 aromatic rings. The van der Waals surface area contributed by atoms with Gasteiger partial charge in [0.2, 0.25) is 5.13 Å². The Balaban J connectivity index is 1.77. The topological polar surface area (TPSA) is 122 Å². The number of nitrogens with zero attached hydrogens (tertiary/aromatic N) is 4. The van der Waals surface area contributed by atoms with Crippen LogP contribution in [0.5, 0.6) is 0 Å². The molecule has 8 nitrogen and oxygen atoms in total. The van der Waals surface area contributed by atoms with E-state index in [1.807, 2.05) is 0 Å². The highest BCUT2D eigenvalue weighted by Crippen LogP contribution is 2.47. The minimum atomic E-state index is -0.874. The predicted octanol–water partition coefficient (Wildman–Crippen LogP) is 3.64. The lowest BCUT2D eigenvalue weighted by Crippen LogP contribution is -2.38. The van der Waals surface area contributed by atoms with Crippen molar-refractivity contribution in [1.82, 2.24) is 10.2 Å². The first-order valence-electron chi connectivity index (χ1n) is 10.3. The van der Waals surface area contributed by atoms with Gasteiger partial charge in [-0.25, -0.2) is 4.39 Å². The molecule has 33 heavy (non-hydrogen) atoms. The van der Waals surface area contributed by atoms with Crippen LogP contribution in [0.4, 0.5) is 9.52 Å². The number of ketones is 1. The third-order valence-corrected chi connectivity index (χ3v) is 7.35. The fraction of sp³-hybridized carbons (Fsp3) is 0.318. The number of ether oxygens (including phenoxy) is 1. The number of carbonyl (C=O) groups excluding carboxylic acids is 2. The van der Waals surface area contributed by atoms with Crippen LogP contribution in [0.2, 0.25) is 0 Å². The molecule has 0 radical (unpaired) electrons. The first-order chi connectivity index (χ1) is 16.0. The van der Waals surface area contributed by atoms with Gasteiger partial charge < -0.3 is 10.5 Å². The van der Waals surface area contributed by atoms with Crippen LogP contribution < -0.4 is 10.6 Å². The van der Waals surface area contributed by atoms with E-state index >= 15 is 0 Å². The lowest BCUT2D eigenvalue weighted by atomic mass is 9.75. The number of halogens is 1. The highest BCUT2D eigenvalue weighted by molar-refractivity contribution is 8.01. The summed E-state index contributed by atoms with van der Waals surface area (Å²) in [6.45, 7) is 2.02. The number of benzene rings is 1. The summed E-state index contributed by atoms with van der Waals surface area (Å²) >= 11 is 2.37. The molecule has 1 unspecified atom stereocenters. The molecule has 1 aromatic carbocycles. The minimum absolute atomic E-state index is 0.0824. The Labute approximate surface area is 197 Å². The quantitative estimate of drug-likeness (QED) is 0.482. The maximum atomic E-state index is 14.7. The Morgan fingerprint density at radius 3 is 2.91 bits per heavy atom. The maximum Gasteiger partial charge on any atom is 0.316 e. The van der Waals surface area contributed by atoms with E-state index in [9.17, 15) is 19.2 Å². The number of hydrogen-bond donors (Lipinski definition) is 1. The van der Waals surface area contributed by atoms with Crippen molar-refractivity contribution in [2.45, 2.75) is 36.4 Å². The number of hydrogen-bond acceptors (Lipinski definition) is 10. The number of anilines is 1. The third-order valence-electron chi connectivity index (χ3n) is 5.34. The second kappa shape index (κ2) is 9.72. The second-order valence-corrected chi connectivity index (χ2v) is 9.46. The summed E-state index contributed by atoms with van der Waals surface area (Å²) < 4.78 is 20.2. The first-order valence-corrected chi connectivity index (χ1v) is 12.1. The Bertz CT molecular complexity index is 1220. The van der Waals surface area contributed by atoms with E-state index in [2.05, 4.69) is 16.3 Å². The molecular formula is C22H20FN5O3S2. The summed E-state index contributed by atoms with van der Waals surface area (Å²) in [5.74, 6) is -1.71. The molecule has 0 spiro atoms. The van der Waals surface area contributed by atoms with Crippen molar-refractivity contribution in [3.8, 4) is 6.07 Å². The molecule has 0 saturated heterocycles. The Morgan fingerprint density at radius 2 is 2.18 bits per heavy atom. The van der Waals surface area contributed by atoms with E-state index < -0.39 is 11.7 Å². The number of esters is 1. The van der Waals surface area contributed by atoms with E-state index in [4.69, 9.17) is 10.5 Å². The highest BCUT2D eigenvalue weighted by Gasteiger charge is 2.42. The Kier molecular flexibility index (Phi) is 6.76. The van der Waals surface area contributed by atoms with E-state index in [1.165, 1.54) is 29.2 Å². The smallest absolute Gasteiger partial charge is 0.316 e. The van der Waals surface area contributed by atoms with Crippen LogP contribution in [0, 0.1) is 17.1 Å². The van der Waals surface area contributed by atoms with E-state index in [0.717, 1.165) is 0 Å². The number of allylic oxidation sites excluding steroid dienone is 3. The second-order valence-electron chi connectivity index (χ2n) is 7.28. The van der Waals surface area contributed by atoms with Gasteiger partial charge in [-0.3, -0.25) is 14.5 Å². The number of nitriles is 1. The molecule has 170 valence electrons. The Hall–Kier alpha value is -3.23. The van der Waals surface area contributed by atoms with E-state index in [1.54, 1.807) is 30.0 Å². The van der Waals surface area contributed by atoms with Gasteiger partial charge in [0.05, 0.1) is 29.9 Å². The van der Waals surface area contributed by atoms with Crippen molar-refractivity contribution in [2.75, 3.05) is 17.3 Å². The molecule has 0 fully saturated rings. The summed E-state index contributed by atoms with van der Waals surface area (Å²) in [5, 5.41) is 18.6. The maximum absolute atomic E-state index is 14.7. The normalized spacial score (nSPS) is 18.3. The molecule has 4 rings (SSSR count). The van der Waals surface area contributed by atoms with Crippen molar-refractivity contribution in [3.05, 3.63) is 58.3 Å². The van der Waals surface area contributed by atoms with Gasteiger partial charge in [-0.1, -0.05) is 41.3 Å². The fourth-order valence-corrected chi connectivity index (χ4v) is 5.68.